The molecule has 21 heavy (non-hydrogen) atoms. The van der Waals surface area contributed by atoms with Crippen molar-refractivity contribution in [3.8, 4) is 0 Å². The van der Waals surface area contributed by atoms with E-state index in [1.807, 2.05) is 0 Å². The highest BCUT2D eigenvalue weighted by Crippen LogP contribution is 2.08. The maximum Gasteiger partial charge on any atom is 0.243 e. The van der Waals surface area contributed by atoms with Gasteiger partial charge >= 0.3 is 0 Å². The Morgan fingerprint density at radius 1 is 1.29 bits per heavy atom. The minimum Gasteiger partial charge on any atom is -0.354 e. The highest BCUT2D eigenvalue weighted by molar-refractivity contribution is 5.84. The summed E-state index contributed by atoms with van der Waals surface area (Å²) in [6.45, 7) is 11.1. The smallest absolute Gasteiger partial charge is 0.243 e. The molecule has 0 rings (SSSR count). The molecule has 0 heterocycles. The lowest BCUT2D eigenvalue weighted by atomic mass is 10.0. The minimum atomic E-state index is -0.0119. The predicted molar refractivity (Wildman–Crippen MR) is 90.5 cm³/mol. The molecule has 122 valence electrons. The van der Waals surface area contributed by atoms with Crippen molar-refractivity contribution in [1.29, 1.82) is 0 Å². The van der Waals surface area contributed by atoms with E-state index in [0.717, 1.165) is 12.3 Å². The maximum atomic E-state index is 11.6. The van der Waals surface area contributed by atoms with Gasteiger partial charge in [0.05, 0.1) is 0 Å². The quantitative estimate of drug-likeness (QED) is 0.389. The first kappa shape index (κ1) is 19.5. The Hall–Kier alpha value is -1.52. The van der Waals surface area contributed by atoms with Crippen molar-refractivity contribution in [1.82, 2.24) is 15.5 Å². The van der Waals surface area contributed by atoms with Crippen molar-refractivity contribution in [2.24, 2.45) is 10.9 Å². The third-order valence-electron chi connectivity index (χ3n) is 3.09. The first-order chi connectivity index (χ1) is 9.86. The van der Waals surface area contributed by atoms with Gasteiger partial charge in [-0.25, -0.2) is 4.99 Å². The van der Waals surface area contributed by atoms with Gasteiger partial charge in [0.2, 0.25) is 5.91 Å². The first-order valence-electron chi connectivity index (χ1n) is 7.72. The Kier molecular flexibility index (Phi) is 10.4. The van der Waals surface area contributed by atoms with Gasteiger partial charge in [-0.1, -0.05) is 32.8 Å². The average molecular weight is 296 g/mol. The van der Waals surface area contributed by atoms with E-state index in [2.05, 4.69) is 43.0 Å². The van der Waals surface area contributed by atoms with Gasteiger partial charge in [-0.15, -0.1) is 6.58 Å². The summed E-state index contributed by atoms with van der Waals surface area (Å²) in [4.78, 5) is 17.5. The monoisotopic (exact) mass is 296 g/mol. The van der Waals surface area contributed by atoms with Gasteiger partial charge in [-0.05, 0) is 19.3 Å². The number of amides is 1. The Morgan fingerprint density at radius 3 is 2.48 bits per heavy atom. The van der Waals surface area contributed by atoms with E-state index in [-0.39, 0.29) is 12.5 Å². The molecular weight excluding hydrogens is 264 g/mol. The van der Waals surface area contributed by atoms with E-state index >= 15 is 0 Å². The fourth-order valence-electron chi connectivity index (χ4n) is 1.75. The SMILES string of the molecule is C=CCNC(=NCC(=O)N(C)C)NC(C)CCCC(C)C. The van der Waals surface area contributed by atoms with Crippen LogP contribution in [0.4, 0.5) is 0 Å². The summed E-state index contributed by atoms with van der Waals surface area (Å²) in [5.41, 5.74) is 0. The van der Waals surface area contributed by atoms with Gasteiger partial charge in [0, 0.05) is 26.7 Å². The summed E-state index contributed by atoms with van der Waals surface area (Å²) < 4.78 is 0. The molecule has 0 spiro atoms. The van der Waals surface area contributed by atoms with E-state index < -0.39 is 0 Å². The number of nitrogens with one attached hydrogen (secondary N) is 2. The lowest BCUT2D eigenvalue weighted by Gasteiger charge is -2.18. The largest absolute Gasteiger partial charge is 0.354 e. The lowest BCUT2D eigenvalue weighted by Crippen LogP contribution is -2.43. The van der Waals surface area contributed by atoms with Crippen LogP contribution in [0.1, 0.15) is 40.0 Å². The third-order valence-corrected chi connectivity index (χ3v) is 3.09. The molecule has 5 nitrogen and oxygen atoms in total. The summed E-state index contributed by atoms with van der Waals surface area (Å²) in [5, 5.41) is 6.48. The summed E-state index contributed by atoms with van der Waals surface area (Å²) in [7, 11) is 3.47. The zero-order chi connectivity index (χ0) is 16.3. The number of rotatable bonds is 9. The number of guanidine groups is 1. The second-order valence-corrected chi connectivity index (χ2v) is 5.99. The van der Waals surface area contributed by atoms with Crippen molar-refractivity contribution >= 4 is 11.9 Å². The number of hydrogen-bond acceptors (Lipinski definition) is 2. The molecule has 0 saturated carbocycles. The van der Waals surface area contributed by atoms with Crippen molar-refractivity contribution < 1.29 is 4.79 Å². The van der Waals surface area contributed by atoms with Gasteiger partial charge < -0.3 is 15.5 Å². The van der Waals surface area contributed by atoms with Gasteiger partial charge in [-0.3, -0.25) is 4.79 Å². The molecule has 0 aromatic rings. The third kappa shape index (κ3) is 10.9. The summed E-state index contributed by atoms with van der Waals surface area (Å²) in [6, 6.07) is 0.328. The molecule has 5 heteroatoms. The van der Waals surface area contributed by atoms with Crippen LogP contribution < -0.4 is 10.6 Å². The van der Waals surface area contributed by atoms with Crippen LogP contribution in [0, 0.1) is 5.92 Å². The molecular formula is C16H32N4O. The van der Waals surface area contributed by atoms with Crippen LogP contribution in [-0.4, -0.2) is 50.0 Å². The summed E-state index contributed by atoms with van der Waals surface area (Å²) in [5.74, 6) is 1.39. The normalized spacial score (nSPS) is 13.0. The van der Waals surface area contributed by atoms with Crippen molar-refractivity contribution in [2.75, 3.05) is 27.2 Å². The fraction of sp³-hybridized carbons (Fsp3) is 0.750. The van der Waals surface area contributed by atoms with Gasteiger partial charge in [0.25, 0.3) is 0 Å². The molecule has 0 aromatic carbocycles. The Morgan fingerprint density at radius 2 is 1.95 bits per heavy atom. The topological polar surface area (TPSA) is 56.7 Å². The highest BCUT2D eigenvalue weighted by Gasteiger charge is 2.07. The second-order valence-electron chi connectivity index (χ2n) is 5.99. The maximum absolute atomic E-state index is 11.6. The van der Waals surface area contributed by atoms with E-state index in [1.54, 1.807) is 25.1 Å². The van der Waals surface area contributed by atoms with Crippen molar-refractivity contribution in [2.45, 2.75) is 46.1 Å². The standard InChI is InChI=1S/C16H32N4O/c1-7-11-17-16(18-12-15(21)20(5)6)19-14(4)10-8-9-13(2)3/h7,13-14H,1,8-12H2,2-6H3,(H2,17,18,19). The molecule has 1 unspecified atom stereocenters. The van der Waals surface area contributed by atoms with Crippen molar-refractivity contribution in [3.05, 3.63) is 12.7 Å². The molecule has 0 aliphatic rings. The molecule has 0 aliphatic carbocycles. The Balaban J connectivity index is 4.36. The summed E-state index contributed by atoms with van der Waals surface area (Å²) >= 11 is 0. The van der Waals surface area contributed by atoms with Crippen molar-refractivity contribution in [3.63, 3.8) is 0 Å². The molecule has 1 amide bonds. The molecule has 0 radical (unpaired) electrons. The van der Waals surface area contributed by atoms with E-state index in [9.17, 15) is 4.79 Å². The van der Waals surface area contributed by atoms with Crippen LogP contribution in [0.2, 0.25) is 0 Å². The van der Waals surface area contributed by atoms with Crippen LogP contribution in [0.5, 0.6) is 0 Å². The zero-order valence-corrected chi connectivity index (χ0v) is 14.3. The Labute approximate surface area is 129 Å². The second kappa shape index (κ2) is 11.2. The number of aliphatic imine (C=N–C) groups is 1. The predicted octanol–water partition coefficient (Wildman–Crippen LogP) is 2.01. The van der Waals surface area contributed by atoms with E-state index in [4.69, 9.17) is 0 Å². The van der Waals surface area contributed by atoms with Crippen LogP contribution in [0.3, 0.4) is 0 Å². The average Bonchev–Trinajstić information content (AvgIpc) is 2.40. The van der Waals surface area contributed by atoms with Crippen LogP contribution >= 0.6 is 0 Å². The molecule has 1 atom stereocenters. The number of nitrogens with zero attached hydrogens (tertiary/aromatic N) is 2. The molecule has 0 aliphatic heterocycles. The van der Waals surface area contributed by atoms with Gasteiger partial charge in [0.1, 0.15) is 6.54 Å². The highest BCUT2D eigenvalue weighted by atomic mass is 16.2. The molecule has 0 saturated heterocycles. The summed E-state index contributed by atoms with van der Waals surface area (Å²) in [6.07, 6.45) is 5.29. The number of carbonyl (C=O) groups excluding carboxylic acids is 1. The van der Waals surface area contributed by atoms with E-state index in [0.29, 0.717) is 18.5 Å². The van der Waals surface area contributed by atoms with Gasteiger partial charge in [-0.2, -0.15) is 0 Å². The molecule has 0 aromatic heterocycles. The van der Waals surface area contributed by atoms with Gasteiger partial charge in [0.15, 0.2) is 5.96 Å². The minimum absolute atomic E-state index is 0.0119. The molecule has 0 bridgehead atoms. The van der Waals surface area contributed by atoms with Crippen LogP contribution in [0.25, 0.3) is 0 Å². The Bertz CT molecular complexity index is 337. The van der Waals surface area contributed by atoms with Crippen LogP contribution in [-0.2, 0) is 4.79 Å². The molecule has 2 N–H and O–H groups in total. The zero-order valence-electron chi connectivity index (χ0n) is 14.3. The fourth-order valence-corrected chi connectivity index (χ4v) is 1.75. The van der Waals surface area contributed by atoms with E-state index in [1.165, 1.54) is 12.8 Å². The number of hydrogen-bond donors (Lipinski definition) is 2. The van der Waals surface area contributed by atoms with Crippen LogP contribution in [0.15, 0.2) is 17.6 Å². The first-order valence-corrected chi connectivity index (χ1v) is 7.72. The lowest BCUT2D eigenvalue weighted by molar-refractivity contribution is -0.127. The number of carbonyl (C=O) groups is 1. The number of likely N-dealkylation sites (N-methyl/N-ethyl adjacent to an activating group) is 1. The molecule has 0 fully saturated rings.